The second-order valence-electron chi connectivity index (χ2n) is 7.72. The molecule has 122 valence electrons. The molecular weight excluding hydrogens is 278 g/mol. The van der Waals surface area contributed by atoms with E-state index < -0.39 is 11.6 Å². The van der Waals surface area contributed by atoms with Crippen molar-refractivity contribution in [1.29, 1.82) is 0 Å². The van der Waals surface area contributed by atoms with Gasteiger partial charge in [0, 0.05) is 0 Å². The maximum Gasteiger partial charge on any atom is 0.162 e. The lowest BCUT2D eigenvalue weighted by Crippen LogP contribution is -2.25. The number of aryl methyl sites for hydroxylation is 1. The maximum atomic E-state index is 14.2. The van der Waals surface area contributed by atoms with Crippen LogP contribution in [0.15, 0.2) is 12.1 Å². The van der Waals surface area contributed by atoms with Crippen LogP contribution in [-0.2, 0) is 0 Å². The van der Waals surface area contributed by atoms with Crippen LogP contribution in [0, 0.1) is 36.3 Å². The maximum absolute atomic E-state index is 14.2. The van der Waals surface area contributed by atoms with E-state index >= 15 is 0 Å². The number of benzene rings is 1. The van der Waals surface area contributed by atoms with Crippen molar-refractivity contribution in [3.05, 3.63) is 34.9 Å². The monoisotopic (exact) mass is 306 g/mol. The lowest BCUT2D eigenvalue weighted by Gasteiger charge is -2.37. The van der Waals surface area contributed by atoms with Crippen molar-refractivity contribution in [3.63, 3.8) is 0 Å². The molecule has 22 heavy (non-hydrogen) atoms. The Morgan fingerprint density at radius 1 is 0.818 bits per heavy atom. The van der Waals surface area contributed by atoms with Crippen molar-refractivity contribution in [3.8, 4) is 0 Å². The van der Waals surface area contributed by atoms with E-state index in [2.05, 4.69) is 6.92 Å². The van der Waals surface area contributed by atoms with E-state index in [4.69, 9.17) is 0 Å². The van der Waals surface area contributed by atoms with E-state index in [0.29, 0.717) is 5.56 Å². The summed E-state index contributed by atoms with van der Waals surface area (Å²) in [6.07, 6.45) is 9.95. The SMILES string of the molecule is Cc1ccc(F)c(F)c1C1CCC(C2CCC(C)CC2)CC1. The molecular formula is C20H28F2. The molecule has 0 amide bonds. The molecule has 0 aliphatic heterocycles. The average molecular weight is 306 g/mol. The zero-order valence-corrected chi connectivity index (χ0v) is 13.9. The summed E-state index contributed by atoms with van der Waals surface area (Å²) in [5, 5.41) is 0. The number of hydrogen-bond donors (Lipinski definition) is 0. The van der Waals surface area contributed by atoms with Crippen LogP contribution >= 0.6 is 0 Å². The van der Waals surface area contributed by atoms with Gasteiger partial charge in [-0.3, -0.25) is 0 Å². The molecule has 2 saturated carbocycles. The zero-order valence-electron chi connectivity index (χ0n) is 13.9. The molecule has 0 radical (unpaired) electrons. The summed E-state index contributed by atoms with van der Waals surface area (Å²) in [7, 11) is 0. The molecule has 2 aliphatic rings. The summed E-state index contributed by atoms with van der Waals surface area (Å²) in [6, 6.07) is 2.98. The van der Waals surface area contributed by atoms with Crippen molar-refractivity contribution in [2.24, 2.45) is 17.8 Å². The van der Waals surface area contributed by atoms with Crippen LogP contribution in [0.4, 0.5) is 8.78 Å². The zero-order chi connectivity index (χ0) is 15.7. The molecule has 2 fully saturated rings. The Kier molecular flexibility index (Phi) is 4.84. The van der Waals surface area contributed by atoms with E-state index in [-0.39, 0.29) is 5.92 Å². The van der Waals surface area contributed by atoms with Gasteiger partial charge in [0.2, 0.25) is 0 Å². The molecule has 1 aromatic carbocycles. The minimum absolute atomic E-state index is 0.217. The van der Waals surface area contributed by atoms with Gasteiger partial charge in [0.1, 0.15) is 0 Å². The van der Waals surface area contributed by atoms with Crippen LogP contribution in [0.5, 0.6) is 0 Å². The van der Waals surface area contributed by atoms with Gasteiger partial charge in [-0.15, -0.1) is 0 Å². The van der Waals surface area contributed by atoms with Gasteiger partial charge in [0.05, 0.1) is 0 Å². The standard InChI is InChI=1S/C20H28F2/c1-13-3-6-15(7-4-13)16-8-10-17(11-9-16)19-14(2)5-12-18(21)20(19)22/h5,12-13,15-17H,3-4,6-11H2,1-2H3. The van der Waals surface area contributed by atoms with Crippen LogP contribution in [0.2, 0.25) is 0 Å². The van der Waals surface area contributed by atoms with Gasteiger partial charge in [-0.05, 0) is 86.3 Å². The molecule has 0 heterocycles. The lowest BCUT2D eigenvalue weighted by atomic mass is 9.68. The largest absolute Gasteiger partial charge is 0.204 e. The summed E-state index contributed by atoms with van der Waals surface area (Å²) < 4.78 is 27.7. The molecule has 3 rings (SSSR count). The second-order valence-corrected chi connectivity index (χ2v) is 7.72. The van der Waals surface area contributed by atoms with Crippen LogP contribution in [0.25, 0.3) is 0 Å². The molecule has 0 saturated heterocycles. The van der Waals surface area contributed by atoms with Crippen molar-refractivity contribution in [1.82, 2.24) is 0 Å². The Hall–Kier alpha value is -0.920. The molecule has 2 aliphatic carbocycles. The van der Waals surface area contributed by atoms with Gasteiger partial charge in [-0.1, -0.05) is 25.8 Å². The van der Waals surface area contributed by atoms with Crippen molar-refractivity contribution in [2.45, 2.75) is 71.1 Å². The Labute approximate surface area is 133 Å². The predicted octanol–water partition coefficient (Wildman–Crippen LogP) is 6.37. The van der Waals surface area contributed by atoms with E-state index in [1.165, 1.54) is 44.6 Å². The average Bonchev–Trinajstić information content (AvgIpc) is 2.53. The van der Waals surface area contributed by atoms with Crippen LogP contribution in [0.1, 0.15) is 75.3 Å². The highest BCUT2D eigenvalue weighted by atomic mass is 19.2. The Balaban J connectivity index is 1.64. The molecule has 0 spiro atoms. The minimum Gasteiger partial charge on any atom is -0.204 e. The highest BCUT2D eigenvalue weighted by Crippen LogP contribution is 2.44. The molecule has 0 N–H and O–H groups in total. The summed E-state index contributed by atoms with van der Waals surface area (Å²) in [4.78, 5) is 0. The Morgan fingerprint density at radius 2 is 1.36 bits per heavy atom. The first-order valence-electron chi connectivity index (χ1n) is 9.00. The fourth-order valence-electron chi connectivity index (χ4n) is 4.80. The lowest BCUT2D eigenvalue weighted by molar-refractivity contribution is 0.164. The quantitative estimate of drug-likeness (QED) is 0.595. The molecule has 2 heteroatoms. The van der Waals surface area contributed by atoms with Crippen molar-refractivity contribution < 1.29 is 8.78 Å². The molecule has 0 aromatic heterocycles. The van der Waals surface area contributed by atoms with E-state index in [1.54, 1.807) is 6.07 Å². The van der Waals surface area contributed by atoms with Gasteiger partial charge in [0.25, 0.3) is 0 Å². The first-order valence-corrected chi connectivity index (χ1v) is 9.00. The van der Waals surface area contributed by atoms with Gasteiger partial charge in [-0.25, -0.2) is 8.78 Å². The summed E-state index contributed by atoms with van der Waals surface area (Å²) in [5.74, 6) is 1.53. The van der Waals surface area contributed by atoms with Crippen LogP contribution in [0.3, 0.4) is 0 Å². The highest BCUT2D eigenvalue weighted by molar-refractivity contribution is 5.32. The van der Waals surface area contributed by atoms with Crippen LogP contribution < -0.4 is 0 Å². The number of hydrogen-bond acceptors (Lipinski definition) is 0. The normalized spacial score (nSPS) is 32.9. The minimum atomic E-state index is -0.691. The van der Waals surface area contributed by atoms with E-state index in [0.717, 1.165) is 36.2 Å². The fraction of sp³-hybridized carbons (Fsp3) is 0.700. The van der Waals surface area contributed by atoms with Gasteiger partial charge >= 0.3 is 0 Å². The Morgan fingerprint density at radius 3 is 1.95 bits per heavy atom. The summed E-state index contributed by atoms with van der Waals surface area (Å²) in [6.45, 7) is 4.27. The third kappa shape index (κ3) is 3.21. The fourth-order valence-corrected chi connectivity index (χ4v) is 4.80. The van der Waals surface area contributed by atoms with Gasteiger partial charge in [0.15, 0.2) is 11.6 Å². The van der Waals surface area contributed by atoms with E-state index in [1.807, 2.05) is 6.92 Å². The highest BCUT2D eigenvalue weighted by Gasteiger charge is 2.32. The predicted molar refractivity (Wildman–Crippen MR) is 86.9 cm³/mol. The van der Waals surface area contributed by atoms with Crippen LogP contribution in [-0.4, -0.2) is 0 Å². The molecule has 1 aromatic rings. The summed E-state index contributed by atoms with van der Waals surface area (Å²) in [5.41, 5.74) is 1.56. The second kappa shape index (κ2) is 6.68. The first kappa shape index (κ1) is 16.0. The third-order valence-electron chi connectivity index (χ3n) is 6.26. The number of halogens is 2. The van der Waals surface area contributed by atoms with E-state index in [9.17, 15) is 8.78 Å². The molecule has 0 atom stereocenters. The Bertz CT molecular complexity index is 507. The van der Waals surface area contributed by atoms with Crippen molar-refractivity contribution in [2.75, 3.05) is 0 Å². The summed E-state index contributed by atoms with van der Waals surface area (Å²) >= 11 is 0. The number of rotatable bonds is 2. The molecule has 0 nitrogen and oxygen atoms in total. The van der Waals surface area contributed by atoms with Gasteiger partial charge in [-0.2, -0.15) is 0 Å². The first-order chi connectivity index (χ1) is 10.6. The topological polar surface area (TPSA) is 0 Å². The molecule has 0 bridgehead atoms. The van der Waals surface area contributed by atoms with Crippen molar-refractivity contribution >= 4 is 0 Å². The molecule has 0 unspecified atom stereocenters. The third-order valence-corrected chi connectivity index (χ3v) is 6.26. The smallest absolute Gasteiger partial charge is 0.162 e. The van der Waals surface area contributed by atoms with Gasteiger partial charge < -0.3 is 0 Å².